The fourth-order valence-electron chi connectivity index (χ4n) is 2.92. The van der Waals surface area contributed by atoms with Gasteiger partial charge in [-0.2, -0.15) is 0 Å². The van der Waals surface area contributed by atoms with E-state index in [0.29, 0.717) is 17.6 Å². The van der Waals surface area contributed by atoms with Gasteiger partial charge in [-0.05, 0) is 18.2 Å². The number of halogens is 1. The number of carbonyl (C=O) groups is 1. The Morgan fingerprint density at radius 2 is 2.10 bits per heavy atom. The quantitative estimate of drug-likeness (QED) is 0.866. The molecule has 0 radical (unpaired) electrons. The third kappa shape index (κ3) is 3.95. The molecular formula is C15H21ClN4O. The van der Waals surface area contributed by atoms with Gasteiger partial charge in [-0.25, -0.2) is 0 Å². The van der Waals surface area contributed by atoms with Crippen molar-refractivity contribution in [1.82, 2.24) is 15.1 Å². The van der Waals surface area contributed by atoms with E-state index in [1.54, 1.807) is 12.1 Å². The van der Waals surface area contributed by atoms with Gasteiger partial charge in [0.1, 0.15) is 0 Å². The molecule has 0 saturated carbocycles. The minimum absolute atomic E-state index is 0.0241. The molecular weight excluding hydrogens is 288 g/mol. The van der Waals surface area contributed by atoms with Crippen molar-refractivity contribution in [3.8, 4) is 0 Å². The van der Waals surface area contributed by atoms with Crippen LogP contribution in [0.5, 0.6) is 0 Å². The number of benzene rings is 1. The third-order valence-corrected chi connectivity index (χ3v) is 4.32. The van der Waals surface area contributed by atoms with Crippen molar-refractivity contribution in [3.63, 3.8) is 0 Å². The van der Waals surface area contributed by atoms with Gasteiger partial charge in [0.2, 0.25) is 5.91 Å². The first-order chi connectivity index (χ1) is 10.2. The molecule has 2 aliphatic heterocycles. The maximum Gasteiger partial charge on any atom is 0.238 e. The van der Waals surface area contributed by atoms with E-state index in [9.17, 15) is 4.79 Å². The molecule has 0 aliphatic carbocycles. The lowest BCUT2D eigenvalue weighted by atomic mass is 10.1. The normalized spacial score (nSPS) is 21.0. The van der Waals surface area contributed by atoms with E-state index in [1.807, 2.05) is 12.1 Å². The molecule has 2 heterocycles. The van der Waals surface area contributed by atoms with Crippen LogP contribution in [0, 0.1) is 0 Å². The van der Waals surface area contributed by atoms with Crippen LogP contribution in [0.25, 0.3) is 0 Å². The fourth-order valence-corrected chi connectivity index (χ4v) is 3.11. The summed E-state index contributed by atoms with van der Waals surface area (Å²) in [5.41, 5.74) is 0.756. The predicted molar refractivity (Wildman–Crippen MR) is 84.8 cm³/mol. The van der Waals surface area contributed by atoms with Gasteiger partial charge in [-0.15, -0.1) is 0 Å². The van der Waals surface area contributed by atoms with Gasteiger partial charge >= 0.3 is 0 Å². The summed E-state index contributed by atoms with van der Waals surface area (Å²) in [5, 5.41) is 6.89. The number of likely N-dealkylation sites (tertiary alicyclic amines) is 1. The van der Waals surface area contributed by atoms with Crippen LogP contribution < -0.4 is 10.6 Å². The van der Waals surface area contributed by atoms with Gasteiger partial charge in [0.05, 0.1) is 6.54 Å². The van der Waals surface area contributed by atoms with Crippen molar-refractivity contribution in [3.05, 3.63) is 29.3 Å². The van der Waals surface area contributed by atoms with E-state index >= 15 is 0 Å². The number of rotatable bonds is 4. The smallest absolute Gasteiger partial charge is 0.238 e. The lowest BCUT2D eigenvalue weighted by Gasteiger charge is -2.46. The lowest BCUT2D eigenvalue weighted by molar-refractivity contribution is -0.119. The van der Waals surface area contributed by atoms with Crippen molar-refractivity contribution in [2.24, 2.45) is 0 Å². The number of nitrogens with one attached hydrogen (secondary N) is 2. The van der Waals surface area contributed by atoms with E-state index in [-0.39, 0.29) is 5.91 Å². The second kappa shape index (κ2) is 6.75. The number of hydrogen-bond donors (Lipinski definition) is 2. The average molecular weight is 309 g/mol. The SMILES string of the molecule is O=C(CN1CC(N2CCNCC2)C1)Nc1cccc(Cl)c1. The Balaban J connectivity index is 1.40. The standard InChI is InChI=1S/C15H21ClN4O/c16-12-2-1-3-13(8-12)18-15(21)11-19-9-14(10-19)20-6-4-17-5-7-20/h1-3,8,14,17H,4-7,9-11H2,(H,18,21). The molecule has 3 rings (SSSR count). The van der Waals surface area contributed by atoms with Gasteiger partial charge in [0, 0.05) is 56.0 Å². The number of piperazine rings is 1. The zero-order valence-electron chi connectivity index (χ0n) is 12.0. The Morgan fingerprint density at radius 3 is 2.81 bits per heavy atom. The molecule has 0 aromatic heterocycles. The summed E-state index contributed by atoms with van der Waals surface area (Å²) in [5.74, 6) is 0.0241. The molecule has 2 saturated heterocycles. The van der Waals surface area contributed by atoms with Crippen molar-refractivity contribution in [2.75, 3.05) is 51.1 Å². The highest BCUT2D eigenvalue weighted by atomic mass is 35.5. The highest BCUT2D eigenvalue weighted by Crippen LogP contribution is 2.17. The molecule has 114 valence electrons. The van der Waals surface area contributed by atoms with Crippen LogP contribution in [0.1, 0.15) is 0 Å². The molecule has 1 amide bonds. The van der Waals surface area contributed by atoms with Gasteiger partial charge in [-0.3, -0.25) is 14.6 Å². The maximum atomic E-state index is 12.0. The Labute approximate surface area is 130 Å². The second-order valence-electron chi connectivity index (χ2n) is 5.69. The van der Waals surface area contributed by atoms with Gasteiger partial charge in [0.25, 0.3) is 0 Å². The average Bonchev–Trinajstić information content (AvgIpc) is 2.43. The Kier molecular flexibility index (Phi) is 4.75. The van der Waals surface area contributed by atoms with Crippen molar-refractivity contribution >= 4 is 23.2 Å². The molecule has 0 spiro atoms. The topological polar surface area (TPSA) is 47.6 Å². The fraction of sp³-hybridized carbons (Fsp3) is 0.533. The van der Waals surface area contributed by atoms with Crippen molar-refractivity contribution in [1.29, 1.82) is 0 Å². The first-order valence-corrected chi connectivity index (χ1v) is 7.81. The van der Waals surface area contributed by atoms with E-state index in [0.717, 1.165) is 45.0 Å². The van der Waals surface area contributed by atoms with Crippen LogP contribution in [-0.2, 0) is 4.79 Å². The van der Waals surface area contributed by atoms with Crippen LogP contribution in [0.3, 0.4) is 0 Å². The van der Waals surface area contributed by atoms with Crippen LogP contribution in [0.2, 0.25) is 5.02 Å². The molecule has 0 unspecified atom stereocenters. The monoisotopic (exact) mass is 308 g/mol. The van der Waals surface area contributed by atoms with Crippen LogP contribution in [-0.4, -0.2) is 67.6 Å². The van der Waals surface area contributed by atoms with E-state index in [4.69, 9.17) is 11.6 Å². The molecule has 0 atom stereocenters. The maximum absolute atomic E-state index is 12.0. The van der Waals surface area contributed by atoms with E-state index in [2.05, 4.69) is 20.4 Å². The van der Waals surface area contributed by atoms with E-state index < -0.39 is 0 Å². The molecule has 2 fully saturated rings. The van der Waals surface area contributed by atoms with E-state index in [1.165, 1.54) is 0 Å². The van der Waals surface area contributed by atoms with Gasteiger partial charge in [0.15, 0.2) is 0 Å². The van der Waals surface area contributed by atoms with Gasteiger partial charge in [-0.1, -0.05) is 17.7 Å². The third-order valence-electron chi connectivity index (χ3n) is 4.08. The minimum atomic E-state index is 0.0241. The summed E-state index contributed by atoms with van der Waals surface area (Å²) in [4.78, 5) is 16.7. The first kappa shape index (κ1) is 14.8. The first-order valence-electron chi connectivity index (χ1n) is 7.43. The van der Waals surface area contributed by atoms with Crippen molar-refractivity contribution < 1.29 is 4.79 Å². The molecule has 5 nitrogen and oxygen atoms in total. The highest BCUT2D eigenvalue weighted by Gasteiger charge is 2.32. The lowest BCUT2D eigenvalue weighted by Crippen LogP contribution is -2.63. The summed E-state index contributed by atoms with van der Waals surface area (Å²) in [7, 11) is 0. The van der Waals surface area contributed by atoms with Crippen LogP contribution >= 0.6 is 11.6 Å². The number of carbonyl (C=O) groups excluding carboxylic acids is 1. The largest absolute Gasteiger partial charge is 0.325 e. The zero-order valence-corrected chi connectivity index (χ0v) is 12.8. The summed E-state index contributed by atoms with van der Waals surface area (Å²) in [6.45, 7) is 6.82. The molecule has 1 aromatic carbocycles. The molecule has 21 heavy (non-hydrogen) atoms. The summed E-state index contributed by atoms with van der Waals surface area (Å²) in [6, 6.07) is 7.86. The number of anilines is 1. The number of amides is 1. The Bertz CT molecular complexity index is 498. The van der Waals surface area contributed by atoms with Crippen molar-refractivity contribution in [2.45, 2.75) is 6.04 Å². The summed E-state index contributed by atoms with van der Waals surface area (Å²) in [6.07, 6.45) is 0. The summed E-state index contributed by atoms with van der Waals surface area (Å²) < 4.78 is 0. The highest BCUT2D eigenvalue weighted by molar-refractivity contribution is 6.30. The molecule has 6 heteroatoms. The molecule has 1 aromatic rings. The molecule has 2 N–H and O–H groups in total. The second-order valence-corrected chi connectivity index (χ2v) is 6.13. The Morgan fingerprint density at radius 1 is 1.33 bits per heavy atom. The Hall–Kier alpha value is -1.14. The number of nitrogens with zero attached hydrogens (tertiary/aromatic N) is 2. The minimum Gasteiger partial charge on any atom is -0.325 e. The summed E-state index contributed by atoms with van der Waals surface area (Å²) >= 11 is 5.91. The number of hydrogen-bond acceptors (Lipinski definition) is 4. The van der Waals surface area contributed by atoms with Crippen LogP contribution in [0.15, 0.2) is 24.3 Å². The molecule has 0 bridgehead atoms. The van der Waals surface area contributed by atoms with Crippen LogP contribution in [0.4, 0.5) is 5.69 Å². The van der Waals surface area contributed by atoms with Gasteiger partial charge < -0.3 is 10.6 Å². The zero-order chi connectivity index (χ0) is 14.7. The predicted octanol–water partition coefficient (Wildman–Crippen LogP) is 0.868. The molecule has 2 aliphatic rings.